The Bertz CT molecular complexity index is 566. The van der Waals surface area contributed by atoms with Gasteiger partial charge in [0.2, 0.25) is 0 Å². The number of rotatable bonds is 2. The molecular weight excluding hydrogens is 264 g/mol. The molecule has 1 amide bonds. The summed E-state index contributed by atoms with van der Waals surface area (Å²) in [6.45, 7) is 2.13. The molecule has 0 spiro atoms. The quantitative estimate of drug-likeness (QED) is 0.840. The number of nitrogens with zero attached hydrogens (tertiary/aromatic N) is 5. The molecule has 1 atom stereocenters. The molecule has 100 valence electrons. The Kier molecular flexibility index (Phi) is 3.26. The molecule has 1 fully saturated rings. The zero-order chi connectivity index (χ0) is 13.2. The smallest absolute Gasteiger partial charge is 0.275 e. The third kappa shape index (κ3) is 2.24. The molecule has 2 aromatic rings. The Morgan fingerprint density at radius 3 is 3.16 bits per heavy atom. The molecule has 1 saturated heterocycles. The van der Waals surface area contributed by atoms with Crippen LogP contribution in [-0.4, -0.2) is 48.7 Å². The predicted octanol–water partition coefficient (Wildman–Crippen LogP) is 0.0583. The number of hydrogen-bond donors (Lipinski definition) is 1. The van der Waals surface area contributed by atoms with Crippen LogP contribution in [0.2, 0.25) is 0 Å². The van der Waals surface area contributed by atoms with Crippen LogP contribution in [0.15, 0.2) is 18.6 Å². The van der Waals surface area contributed by atoms with Crippen LogP contribution in [0.4, 0.5) is 0 Å². The number of piperazine rings is 1. The first-order valence-electron chi connectivity index (χ1n) is 6.04. The fourth-order valence-electron chi connectivity index (χ4n) is 2.28. The first kappa shape index (κ1) is 12.2. The Morgan fingerprint density at radius 2 is 2.47 bits per heavy atom. The fraction of sp³-hybridized carbons (Fsp3) is 0.455. The van der Waals surface area contributed by atoms with Crippen LogP contribution in [0, 0.1) is 0 Å². The molecule has 1 aliphatic rings. The molecule has 0 saturated carbocycles. The lowest BCUT2D eigenvalue weighted by Gasteiger charge is -2.35. The number of imidazole rings is 1. The lowest BCUT2D eigenvalue weighted by atomic mass is 10.1. The van der Waals surface area contributed by atoms with E-state index in [1.807, 2.05) is 22.7 Å². The van der Waals surface area contributed by atoms with Crippen LogP contribution in [0.1, 0.15) is 22.4 Å². The van der Waals surface area contributed by atoms with E-state index in [4.69, 9.17) is 0 Å². The van der Waals surface area contributed by atoms with Crippen molar-refractivity contribution in [2.45, 2.75) is 6.04 Å². The largest absolute Gasteiger partial charge is 0.336 e. The van der Waals surface area contributed by atoms with Crippen LogP contribution in [0.5, 0.6) is 0 Å². The summed E-state index contributed by atoms with van der Waals surface area (Å²) >= 11 is 1.05. The van der Waals surface area contributed by atoms with Crippen molar-refractivity contribution in [1.29, 1.82) is 0 Å². The minimum Gasteiger partial charge on any atom is -0.336 e. The van der Waals surface area contributed by atoms with Crippen molar-refractivity contribution in [2.24, 2.45) is 7.05 Å². The number of amides is 1. The standard InChI is InChI=1S/C11H14N6OS/c1-16-4-3-13-10(16)9-7-12-2-5-17(9)11(18)8-6-14-19-15-8/h3-4,6,9,12H,2,5,7H2,1H3. The molecule has 8 heteroatoms. The first-order valence-corrected chi connectivity index (χ1v) is 6.77. The van der Waals surface area contributed by atoms with Gasteiger partial charge < -0.3 is 14.8 Å². The minimum atomic E-state index is -0.0803. The van der Waals surface area contributed by atoms with E-state index < -0.39 is 0 Å². The van der Waals surface area contributed by atoms with Crippen molar-refractivity contribution in [2.75, 3.05) is 19.6 Å². The molecular formula is C11H14N6OS. The number of carbonyl (C=O) groups excluding carboxylic acids is 1. The van der Waals surface area contributed by atoms with Gasteiger partial charge in [-0.25, -0.2) is 4.98 Å². The summed E-state index contributed by atoms with van der Waals surface area (Å²) in [7, 11) is 1.93. The van der Waals surface area contributed by atoms with Crippen molar-refractivity contribution < 1.29 is 4.79 Å². The van der Waals surface area contributed by atoms with E-state index in [2.05, 4.69) is 19.0 Å². The van der Waals surface area contributed by atoms with E-state index in [-0.39, 0.29) is 11.9 Å². The predicted molar refractivity (Wildman–Crippen MR) is 69.8 cm³/mol. The zero-order valence-electron chi connectivity index (χ0n) is 10.5. The molecule has 7 nitrogen and oxygen atoms in total. The molecule has 2 aromatic heterocycles. The Labute approximate surface area is 114 Å². The minimum absolute atomic E-state index is 0.0667. The molecule has 1 N–H and O–H groups in total. The average Bonchev–Trinajstić information content (AvgIpc) is 3.09. The molecule has 3 heterocycles. The van der Waals surface area contributed by atoms with Gasteiger partial charge in [0, 0.05) is 39.1 Å². The third-order valence-electron chi connectivity index (χ3n) is 3.24. The molecule has 3 rings (SSSR count). The van der Waals surface area contributed by atoms with Crippen molar-refractivity contribution in [3.8, 4) is 0 Å². The first-order chi connectivity index (χ1) is 9.27. The number of hydrogen-bond acceptors (Lipinski definition) is 6. The van der Waals surface area contributed by atoms with Gasteiger partial charge in [-0.15, -0.1) is 0 Å². The van der Waals surface area contributed by atoms with Crippen LogP contribution in [-0.2, 0) is 7.05 Å². The highest BCUT2D eigenvalue weighted by molar-refractivity contribution is 6.99. The van der Waals surface area contributed by atoms with Gasteiger partial charge in [0.05, 0.1) is 17.9 Å². The molecule has 0 radical (unpaired) electrons. The Morgan fingerprint density at radius 1 is 1.58 bits per heavy atom. The third-order valence-corrected chi connectivity index (χ3v) is 3.72. The van der Waals surface area contributed by atoms with Crippen molar-refractivity contribution in [3.05, 3.63) is 30.1 Å². The van der Waals surface area contributed by atoms with Crippen molar-refractivity contribution in [1.82, 2.24) is 28.5 Å². The zero-order valence-corrected chi connectivity index (χ0v) is 11.3. The second-order valence-corrected chi connectivity index (χ2v) is 4.96. The van der Waals surface area contributed by atoms with Crippen LogP contribution >= 0.6 is 11.7 Å². The lowest BCUT2D eigenvalue weighted by Crippen LogP contribution is -2.49. The molecule has 0 aromatic carbocycles. The van der Waals surface area contributed by atoms with Gasteiger partial charge in [0.15, 0.2) is 5.69 Å². The summed E-state index contributed by atoms with van der Waals surface area (Å²) in [6, 6.07) is -0.0667. The lowest BCUT2D eigenvalue weighted by molar-refractivity contribution is 0.0616. The van der Waals surface area contributed by atoms with Crippen molar-refractivity contribution in [3.63, 3.8) is 0 Å². The van der Waals surface area contributed by atoms with E-state index >= 15 is 0 Å². The molecule has 1 unspecified atom stereocenters. The molecule has 1 aliphatic heterocycles. The Balaban J connectivity index is 1.90. The van der Waals surface area contributed by atoms with Gasteiger partial charge in [-0.2, -0.15) is 8.75 Å². The number of carbonyl (C=O) groups is 1. The molecule has 19 heavy (non-hydrogen) atoms. The van der Waals surface area contributed by atoms with E-state index in [9.17, 15) is 4.79 Å². The highest BCUT2D eigenvalue weighted by Crippen LogP contribution is 2.22. The topological polar surface area (TPSA) is 75.9 Å². The van der Waals surface area contributed by atoms with E-state index in [1.165, 1.54) is 6.20 Å². The summed E-state index contributed by atoms with van der Waals surface area (Å²) in [4.78, 5) is 18.6. The molecule has 0 aliphatic carbocycles. The summed E-state index contributed by atoms with van der Waals surface area (Å²) in [5.41, 5.74) is 0.408. The second kappa shape index (κ2) is 5.06. The average molecular weight is 278 g/mol. The monoisotopic (exact) mass is 278 g/mol. The maximum Gasteiger partial charge on any atom is 0.275 e. The highest BCUT2D eigenvalue weighted by Gasteiger charge is 2.31. The maximum absolute atomic E-state index is 12.4. The van der Waals surface area contributed by atoms with Gasteiger partial charge in [-0.3, -0.25) is 4.79 Å². The number of aromatic nitrogens is 4. The van der Waals surface area contributed by atoms with Crippen LogP contribution < -0.4 is 5.32 Å². The summed E-state index contributed by atoms with van der Waals surface area (Å²) in [5, 5.41) is 3.30. The highest BCUT2D eigenvalue weighted by atomic mass is 32.1. The van der Waals surface area contributed by atoms with Crippen LogP contribution in [0.3, 0.4) is 0 Å². The summed E-state index contributed by atoms with van der Waals surface area (Å²) in [6.07, 6.45) is 5.15. The summed E-state index contributed by atoms with van der Waals surface area (Å²) < 4.78 is 9.85. The van der Waals surface area contributed by atoms with E-state index in [0.717, 1.165) is 24.1 Å². The van der Waals surface area contributed by atoms with Crippen LogP contribution in [0.25, 0.3) is 0 Å². The fourth-order valence-corrected chi connectivity index (χ4v) is 2.69. The summed E-state index contributed by atoms with van der Waals surface area (Å²) in [5.74, 6) is 0.798. The normalized spacial score (nSPS) is 19.6. The van der Waals surface area contributed by atoms with E-state index in [0.29, 0.717) is 18.8 Å². The van der Waals surface area contributed by atoms with E-state index in [1.54, 1.807) is 6.20 Å². The maximum atomic E-state index is 12.4. The van der Waals surface area contributed by atoms with Gasteiger partial charge >= 0.3 is 0 Å². The Hall–Kier alpha value is -1.80. The van der Waals surface area contributed by atoms with Gasteiger partial charge in [0.1, 0.15) is 11.9 Å². The number of nitrogens with one attached hydrogen (secondary N) is 1. The van der Waals surface area contributed by atoms with Gasteiger partial charge in [-0.1, -0.05) is 0 Å². The SMILES string of the molecule is Cn1ccnc1C1CNCCN1C(=O)c1cnsn1. The van der Waals surface area contributed by atoms with Gasteiger partial charge in [0.25, 0.3) is 5.91 Å². The number of aryl methyl sites for hydroxylation is 1. The van der Waals surface area contributed by atoms with Gasteiger partial charge in [-0.05, 0) is 0 Å². The van der Waals surface area contributed by atoms with Crippen molar-refractivity contribution >= 4 is 17.6 Å². The molecule has 0 bridgehead atoms. The second-order valence-electron chi connectivity index (χ2n) is 4.41.